The van der Waals surface area contributed by atoms with Crippen molar-refractivity contribution in [2.24, 2.45) is 11.8 Å². The Morgan fingerprint density at radius 2 is 2.00 bits per heavy atom. The van der Waals surface area contributed by atoms with Crippen LogP contribution in [0.15, 0.2) is 0 Å². The summed E-state index contributed by atoms with van der Waals surface area (Å²) < 4.78 is 0. The van der Waals surface area contributed by atoms with Crippen LogP contribution < -0.4 is 5.32 Å². The number of piperidine rings is 1. The van der Waals surface area contributed by atoms with Crippen LogP contribution in [0, 0.1) is 11.8 Å². The molecule has 1 nitrogen and oxygen atoms in total. The first kappa shape index (κ1) is 11.0. The molecule has 0 bridgehead atoms. The van der Waals surface area contributed by atoms with Gasteiger partial charge in [-0.15, -0.1) is 0 Å². The van der Waals surface area contributed by atoms with Crippen LogP contribution in [0.2, 0.25) is 0 Å². The van der Waals surface area contributed by atoms with Gasteiger partial charge in [-0.1, -0.05) is 27.7 Å². The van der Waals surface area contributed by atoms with Crippen molar-refractivity contribution < 1.29 is 1.43 Å². The van der Waals surface area contributed by atoms with E-state index in [0.717, 1.165) is 11.8 Å². The lowest BCUT2D eigenvalue weighted by Crippen LogP contribution is -2.32. The smallest absolute Gasteiger partial charge is 0 e. The first-order valence-electron chi connectivity index (χ1n) is 5.01. The van der Waals surface area contributed by atoms with Gasteiger partial charge in [-0.2, -0.15) is 0 Å². The van der Waals surface area contributed by atoms with Crippen molar-refractivity contribution in [2.75, 3.05) is 13.1 Å². The molecule has 0 aromatic carbocycles. The molecule has 1 fully saturated rings. The molecular formula is C10H25N. The Hall–Kier alpha value is -0.0400. The van der Waals surface area contributed by atoms with Gasteiger partial charge in [-0.25, -0.2) is 0 Å². The Kier molecular flexibility index (Phi) is 6.63. The first-order valence-corrected chi connectivity index (χ1v) is 5.01. The lowest BCUT2D eigenvalue weighted by molar-refractivity contribution is 0.296. The highest BCUT2D eigenvalue weighted by Crippen LogP contribution is 2.18. The molecule has 1 aliphatic heterocycles. The third-order valence-corrected chi connectivity index (χ3v) is 2.28. The predicted molar refractivity (Wildman–Crippen MR) is 53.9 cm³/mol. The van der Waals surface area contributed by atoms with Crippen molar-refractivity contribution in [3.05, 3.63) is 0 Å². The molecule has 0 radical (unpaired) electrons. The number of nitrogens with one attached hydrogen (secondary N) is 1. The fraction of sp³-hybridized carbons (Fsp3) is 1.00. The van der Waals surface area contributed by atoms with E-state index >= 15 is 0 Å². The normalized spacial score (nSPS) is 24.3. The number of rotatable bonds is 1. The Morgan fingerprint density at radius 1 is 1.36 bits per heavy atom. The molecular weight excluding hydrogens is 134 g/mol. The molecule has 1 heteroatoms. The summed E-state index contributed by atoms with van der Waals surface area (Å²) >= 11 is 0. The fourth-order valence-electron chi connectivity index (χ4n) is 1.45. The molecule has 11 heavy (non-hydrogen) atoms. The highest BCUT2D eigenvalue weighted by atomic mass is 14.9. The summed E-state index contributed by atoms with van der Waals surface area (Å²) in [6, 6.07) is 0. The van der Waals surface area contributed by atoms with Crippen LogP contribution in [0.3, 0.4) is 0 Å². The summed E-state index contributed by atoms with van der Waals surface area (Å²) in [6.07, 6.45) is 2.81. The zero-order valence-electron chi connectivity index (χ0n) is 8.48. The van der Waals surface area contributed by atoms with Crippen LogP contribution in [0.5, 0.6) is 0 Å². The lowest BCUT2D eigenvalue weighted by atomic mass is 9.89. The van der Waals surface area contributed by atoms with Crippen molar-refractivity contribution >= 4 is 0 Å². The molecule has 1 atom stereocenters. The van der Waals surface area contributed by atoms with Gasteiger partial charge in [-0.05, 0) is 37.8 Å². The van der Waals surface area contributed by atoms with Gasteiger partial charge < -0.3 is 5.32 Å². The van der Waals surface area contributed by atoms with E-state index in [1.807, 2.05) is 13.8 Å². The topological polar surface area (TPSA) is 12.0 Å². The molecule has 0 amide bonds. The van der Waals surface area contributed by atoms with Crippen molar-refractivity contribution in [3.63, 3.8) is 0 Å². The molecule has 1 unspecified atom stereocenters. The van der Waals surface area contributed by atoms with Gasteiger partial charge in [0, 0.05) is 1.43 Å². The van der Waals surface area contributed by atoms with E-state index in [-0.39, 0.29) is 1.43 Å². The van der Waals surface area contributed by atoms with Crippen molar-refractivity contribution in [1.82, 2.24) is 5.32 Å². The molecule has 0 saturated carbocycles. The van der Waals surface area contributed by atoms with Gasteiger partial charge in [-0.3, -0.25) is 0 Å². The van der Waals surface area contributed by atoms with E-state index < -0.39 is 0 Å². The van der Waals surface area contributed by atoms with Crippen LogP contribution in [-0.2, 0) is 0 Å². The third kappa shape index (κ3) is 4.41. The molecule has 0 aromatic heterocycles. The van der Waals surface area contributed by atoms with Crippen LogP contribution >= 0.6 is 0 Å². The van der Waals surface area contributed by atoms with Crippen molar-refractivity contribution in [2.45, 2.75) is 40.5 Å². The second kappa shape index (κ2) is 6.66. The van der Waals surface area contributed by atoms with Gasteiger partial charge in [0.05, 0.1) is 0 Å². The van der Waals surface area contributed by atoms with E-state index in [2.05, 4.69) is 19.2 Å². The van der Waals surface area contributed by atoms with E-state index in [1.54, 1.807) is 0 Å². The minimum atomic E-state index is 0. The maximum absolute atomic E-state index is 3.42. The monoisotopic (exact) mass is 159 g/mol. The Morgan fingerprint density at radius 3 is 2.27 bits per heavy atom. The van der Waals surface area contributed by atoms with Gasteiger partial charge in [0.2, 0.25) is 0 Å². The van der Waals surface area contributed by atoms with Crippen LogP contribution in [0.25, 0.3) is 0 Å². The van der Waals surface area contributed by atoms with E-state index in [1.165, 1.54) is 25.9 Å². The predicted octanol–water partition coefficient (Wildman–Crippen LogP) is 2.91. The first-order chi connectivity index (χ1) is 5.30. The van der Waals surface area contributed by atoms with Gasteiger partial charge in [0.15, 0.2) is 0 Å². The zero-order chi connectivity index (χ0) is 8.69. The fourth-order valence-corrected chi connectivity index (χ4v) is 1.45. The second-order valence-electron chi connectivity index (χ2n) is 3.35. The van der Waals surface area contributed by atoms with Gasteiger partial charge in [0.1, 0.15) is 0 Å². The molecule has 70 valence electrons. The molecule has 0 aliphatic carbocycles. The average molecular weight is 159 g/mol. The minimum Gasteiger partial charge on any atom is -0.316 e. The maximum Gasteiger partial charge on any atom is 0 e. The van der Waals surface area contributed by atoms with Gasteiger partial charge >= 0.3 is 0 Å². The summed E-state index contributed by atoms with van der Waals surface area (Å²) in [5.74, 6) is 1.82. The number of hydrogen-bond donors (Lipinski definition) is 1. The van der Waals surface area contributed by atoms with Crippen LogP contribution in [0.1, 0.15) is 42.0 Å². The van der Waals surface area contributed by atoms with E-state index in [0.29, 0.717) is 0 Å². The average Bonchev–Trinajstić information content (AvgIpc) is 2.10. The highest BCUT2D eigenvalue weighted by Gasteiger charge is 2.15. The second-order valence-corrected chi connectivity index (χ2v) is 3.35. The van der Waals surface area contributed by atoms with Crippen molar-refractivity contribution in [3.8, 4) is 0 Å². The summed E-state index contributed by atoms with van der Waals surface area (Å²) in [6.45, 7) is 11.1. The Labute approximate surface area is 73.1 Å². The molecule has 1 heterocycles. The molecule has 1 rings (SSSR count). The number of hydrogen-bond acceptors (Lipinski definition) is 1. The molecule has 1 saturated heterocycles. The molecule has 1 aliphatic rings. The summed E-state index contributed by atoms with van der Waals surface area (Å²) in [7, 11) is 0. The van der Waals surface area contributed by atoms with Crippen LogP contribution in [-0.4, -0.2) is 13.1 Å². The van der Waals surface area contributed by atoms with Crippen LogP contribution in [0.4, 0.5) is 0 Å². The maximum atomic E-state index is 3.42. The summed E-state index contributed by atoms with van der Waals surface area (Å²) in [4.78, 5) is 0. The zero-order valence-corrected chi connectivity index (χ0v) is 8.48. The lowest BCUT2D eigenvalue weighted by Gasteiger charge is -2.25. The third-order valence-electron chi connectivity index (χ3n) is 2.28. The standard InChI is InChI=1S/C8H17N.C2H6.H2/c1-7(2)8-4-3-5-9-6-8;1-2;/h7-9H,3-6H2,1-2H3;1-2H3;1H. The minimum absolute atomic E-state index is 0. The molecule has 0 spiro atoms. The summed E-state index contributed by atoms with van der Waals surface area (Å²) in [5.41, 5.74) is 0. The highest BCUT2D eigenvalue weighted by molar-refractivity contribution is 4.70. The quantitative estimate of drug-likeness (QED) is 0.620. The van der Waals surface area contributed by atoms with Crippen molar-refractivity contribution in [1.29, 1.82) is 0 Å². The SMILES string of the molecule is CC.CC(C)C1CCCNC1.[HH]. The van der Waals surface area contributed by atoms with Gasteiger partial charge in [0.25, 0.3) is 0 Å². The molecule has 0 aromatic rings. The largest absolute Gasteiger partial charge is 0.316 e. The van der Waals surface area contributed by atoms with E-state index in [9.17, 15) is 0 Å². The van der Waals surface area contributed by atoms with E-state index in [4.69, 9.17) is 0 Å². The summed E-state index contributed by atoms with van der Waals surface area (Å²) in [5, 5.41) is 3.42. The molecule has 1 N–H and O–H groups in total. The Balaban J connectivity index is 0. The Bertz CT molecular complexity index is 77.9.